The third-order valence-corrected chi connectivity index (χ3v) is 2.14. The first-order valence-corrected chi connectivity index (χ1v) is 4.69. The molecule has 4 heteroatoms. The maximum absolute atomic E-state index is 11.7. The second kappa shape index (κ2) is 4.04. The summed E-state index contributed by atoms with van der Waals surface area (Å²) < 4.78 is 1.60. The van der Waals surface area contributed by atoms with Crippen LogP contribution in [0.2, 0.25) is 0 Å². The van der Waals surface area contributed by atoms with Crippen LogP contribution in [0.1, 0.15) is 11.4 Å². The third-order valence-electron chi connectivity index (χ3n) is 2.14. The van der Waals surface area contributed by atoms with Crippen LogP contribution in [0.5, 0.6) is 0 Å². The molecule has 76 valence electrons. The van der Waals surface area contributed by atoms with Crippen LogP contribution < -0.4 is 5.56 Å². The molecule has 0 radical (unpaired) electrons. The summed E-state index contributed by atoms with van der Waals surface area (Å²) in [5.74, 6) is 0.644. The number of nitrogens with zero attached hydrogens (tertiary/aromatic N) is 3. The monoisotopic (exact) mass is 201 g/mol. The maximum Gasteiger partial charge on any atom is 0.253 e. The van der Waals surface area contributed by atoms with Crippen molar-refractivity contribution in [2.75, 3.05) is 0 Å². The van der Waals surface area contributed by atoms with Crippen molar-refractivity contribution in [1.29, 1.82) is 0 Å². The van der Waals surface area contributed by atoms with E-state index in [9.17, 15) is 4.79 Å². The van der Waals surface area contributed by atoms with Crippen molar-refractivity contribution in [3.05, 3.63) is 58.5 Å². The quantitative estimate of drug-likeness (QED) is 0.728. The van der Waals surface area contributed by atoms with Crippen LogP contribution in [-0.4, -0.2) is 14.5 Å². The zero-order valence-corrected chi connectivity index (χ0v) is 8.42. The first kappa shape index (κ1) is 9.58. The van der Waals surface area contributed by atoms with E-state index in [1.54, 1.807) is 42.2 Å². The smallest absolute Gasteiger partial charge is 0.253 e. The predicted molar refractivity (Wildman–Crippen MR) is 56.6 cm³/mol. The molecule has 0 saturated heterocycles. The van der Waals surface area contributed by atoms with Gasteiger partial charge in [0.05, 0.1) is 6.54 Å². The summed E-state index contributed by atoms with van der Waals surface area (Å²) >= 11 is 0. The van der Waals surface area contributed by atoms with Crippen LogP contribution in [-0.2, 0) is 6.54 Å². The fourth-order valence-electron chi connectivity index (χ4n) is 1.35. The van der Waals surface area contributed by atoms with Crippen molar-refractivity contribution >= 4 is 0 Å². The van der Waals surface area contributed by atoms with Crippen LogP contribution >= 0.6 is 0 Å². The Morgan fingerprint density at radius 1 is 1.27 bits per heavy atom. The Morgan fingerprint density at radius 3 is 2.73 bits per heavy atom. The largest absolute Gasteiger partial charge is 0.308 e. The molecule has 0 aliphatic rings. The fraction of sp³-hybridized carbons (Fsp3) is 0.182. The molecule has 0 saturated carbocycles. The molecule has 0 N–H and O–H groups in total. The van der Waals surface area contributed by atoms with Gasteiger partial charge < -0.3 is 4.57 Å². The first-order valence-electron chi connectivity index (χ1n) is 4.69. The molecule has 0 aromatic carbocycles. The lowest BCUT2D eigenvalue weighted by Crippen LogP contribution is -2.22. The van der Waals surface area contributed by atoms with Crippen molar-refractivity contribution in [1.82, 2.24) is 14.5 Å². The predicted octanol–water partition coefficient (Wildman–Crippen LogP) is 0.995. The average molecular weight is 201 g/mol. The van der Waals surface area contributed by atoms with Gasteiger partial charge in [-0.05, 0) is 19.1 Å². The zero-order chi connectivity index (χ0) is 10.7. The van der Waals surface area contributed by atoms with Gasteiger partial charge in [-0.2, -0.15) is 0 Å². The Bertz CT molecular complexity index is 505. The highest BCUT2D eigenvalue weighted by Gasteiger charge is 2.00. The third kappa shape index (κ3) is 2.10. The zero-order valence-electron chi connectivity index (χ0n) is 8.42. The minimum atomic E-state index is 0.00459. The van der Waals surface area contributed by atoms with Crippen LogP contribution in [0.25, 0.3) is 0 Å². The van der Waals surface area contributed by atoms with Gasteiger partial charge in [-0.25, -0.2) is 9.97 Å². The van der Waals surface area contributed by atoms with Gasteiger partial charge in [-0.3, -0.25) is 4.79 Å². The standard InChI is InChI=1S/C11H11N3O/c1-9-4-2-7-14(11(9)15)8-10-12-5-3-6-13-10/h2-7H,8H2,1H3. The number of aryl methyl sites for hydroxylation is 1. The maximum atomic E-state index is 11.7. The number of aromatic nitrogens is 3. The topological polar surface area (TPSA) is 47.8 Å². The Kier molecular flexibility index (Phi) is 2.58. The molecule has 4 nitrogen and oxygen atoms in total. The summed E-state index contributed by atoms with van der Waals surface area (Å²) in [6, 6.07) is 5.40. The van der Waals surface area contributed by atoms with Crippen LogP contribution in [0, 0.1) is 6.92 Å². The van der Waals surface area contributed by atoms with E-state index in [0.29, 0.717) is 12.4 Å². The summed E-state index contributed by atoms with van der Waals surface area (Å²) in [6.07, 6.45) is 5.08. The molecule has 2 aromatic heterocycles. The molecule has 0 bridgehead atoms. The summed E-state index contributed by atoms with van der Waals surface area (Å²) in [6.45, 7) is 2.21. The average Bonchev–Trinajstić information content (AvgIpc) is 2.26. The molecule has 0 atom stereocenters. The lowest BCUT2D eigenvalue weighted by atomic mass is 10.3. The highest BCUT2D eigenvalue weighted by Crippen LogP contribution is 1.93. The number of hydrogen-bond donors (Lipinski definition) is 0. The lowest BCUT2D eigenvalue weighted by molar-refractivity contribution is 0.709. The highest BCUT2D eigenvalue weighted by molar-refractivity contribution is 5.08. The van der Waals surface area contributed by atoms with E-state index in [0.717, 1.165) is 5.56 Å². The van der Waals surface area contributed by atoms with Gasteiger partial charge in [-0.1, -0.05) is 6.07 Å². The molecule has 0 spiro atoms. The molecule has 15 heavy (non-hydrogen) atoms. The number of pyridine rings is 1. The van der Waals surface area contributed by atoms with Crippen LogP contribution in [0.3, 0.4) is 0 Å². The van der Waals surface area contributed by atoms with Gasteiger partial charge in [0.25, 0.3) is 5.56 Å². The van der Waals surface area contributed by atoms with E-state index in [1.165, 1.54) is 0 Å². The van der Waals surface area contributed by atoms with E-state index < -0.39 is 0 Å². The molecule has 2 heterocycles. The Morgan fingerprint density at radius 2 is 2.00 bits per heavy atom. The van der Waals surface area contributed by atoms with E-state index in [4.69, 9.17) is 0 Å². The summed E-state index contributed by atoms with van der Waals surface area (Å²) in [4.78, 5) is 19.8. The molecule has 0 aliphatic heterocycles. The highest BCUT2D eigenvalue weighted by atomic mass is 16.1. The summed E-state index contributed by atoms with van der Waals surface area (Å²) in [7, 11) is 0. The Hall–Kier alpha value is -1.97. The van der Waals surface area contributed by atoms with Gasteiger partial charge in [-0.15, -0.1) is 0 Å². The van der Waals surface area contributed by atoms with Gasteiger partial charge in [0.1, 0.15) is 5.82 Å². The van der Waals surface area contributed by atoms with Gasteiger partial charge >= 0.3 is 0 Å². The lowest BCUT2D eigenvalue weighted by Gasteiger charge is -2.04. The molecular formula is C11H11N3O. The minimum Gasteiger partial charge on any atom is -0.308 e. The van der Waals surface area contributed by atoms with Crippen LogP contribution in [0.4, 0.5) is 0 Å². The molecule has 0 amide bonds. The Balaban J connectivity index is 2.33. The summed E-state index contributed by atoms with van der Waals surface area (Å²) in [5, 5.41) is 0. The van der Waals surface area contributed by atoms with Gasteiger partial charge in [0, 0.05) is 24.2 Å². The van der Waals surface area contributed by atoms with E-state index >= 15 is 0 Å². The molecule has 0 fully saturated rings. The second-order valence-corrected chi connectivity index (χ2v) is 3.29. The van der Waals surface area contributed by atoms with Crippen molar-refractivity contribution in [3.8, 4) is 0 Å². The number of hydrogen-bond acceptors (Lipinski definition) is 3. The molecule has 0 unspecified atom stereocenters. The molecule has 0 aliphatic carbocycles. The minimum absolute atomic E-state index is 0.00459. The van der Waals surface area contributed by atoms with E-state index in [2.05, 4.69) is 9.97 Å². The van der Waals surface area contributed by atoms with Crippen molar-refractivity contribution in [2.24, 2.45) is 0 Å². The van der Waals surface area contributed by atoms with Crippen molar-refractivity contribution < 1.29 is 0 Å². The van der Waals surface area contributed by atoms with E-state index in [-0.39, 0.29) is 5.56 Å². The Labute approximate surface area is 87.2 Å². The molecule has 2 aromatic rings. The normalized spacial score (nSPS) is 10.2. The van der Waals surface area contributed by atoms with E-state index in [1.807, 2.05) is 6.07 Å². The summed E-state index contributed by atoms with van der Waals surface area (Å²) in [5.41, 5.74) is 0.735. The SMILES string of the molecule is Cc1cccn(Cc2ncccn2)c1=O. The van der Waals surface area contributed by atoms with Gasteiger partial charge in [0.2, 0.25) is 0 Å². The number of rotatable bonds is 2. The van der Waals surface area contributed by atoms with Crippen molar-refractivity contribution in [2.45, 2.75) is 13.5 Å². The first-order chi connectivity index (χ1) is 7.27. The van der Waals surface area contributed by atoms with Crippen LogP contribution in [0.15, 0.2) is 41.6 Å². The fourth-order valence-corrected chi connectivity index (χ4v) is 1.35. The molecular weight excluding hydrogens is 190 g/mol. The second-order valence-electron chi connectivity index (χ2n) is 3.29. The van der Waals surface area contributed by atoms with Crippen molar-refractivity contribution in [3.63, 3.8) is 0 Å². The molecule has 2 rings (SSSR count). The van der Waals surface area contributed by atoms with Gasteiger partial charge in [0.15, 0.2) is 0 Å².